The van der Waals surface area contributed by atoms with E-state index in [4.69, 9.17) is 13.1 Å². The molecule has 1 aromatic heterocycles. The maximum Gasteiger partial charge on any atom is 0.132 e. The molecular formula is C14H12BFN2O. The van der Waals surface area contributed by atoms with Crippen molar-refractivity contribution in [2.45, 2.75) is 25.9 Å². The summed E-state index contributed by atoms with van der Waals surface area (Å²) in [4.78, 5) is 4.26. The average Bonchev–Trinajstić information content (AvgIpc) is 2.34. The fourth-order valence-electron chi connectivity index (χ4n) is 2.06. The summed E-state index contributed by atoms with van der Waals surface area (Å²) in [6, 6.07) is 6.37. The third-order valence-corrected chi connectivity index (χ3v) is 3.02. The predicted molar refractivity (Wildman–Crippen MR) is 71.6 cm³/mol. The monoisotopic (exact) mass is 254 g/mol. The SMILES string of the molecule is [B]c1cc(F)c2cc(C(O)CCC#N)c(C)nc2c1. The summed E-state index contributed by atoms with van der Waals surface area (Å²) in [7, 11) is 5.57. The van der Waals surface area contributed by atoms with E-state index in [-0.39, 0.29) is 6.42 Å². The maximum absolute atomic E-state index is 13.8. The summed E-state index contributed by atoms with van der Waals surface area (Å²) in [5.41, 5.74) is 1.94. The zero-order chi connectivity index (χ0) is 14.0. The van der Waals surface area contributed by atoms with E-state index in [0.717, 1.165) is 0 Å². The van der Waals surface area contributed by atoms with E-state index in [1.165, 1.54) is 6.07 Å². The first-order valence-electron chi connectivity index (χ1n) is 5.94. The highest BCUT2D eigenvalue weighted by Gasteiger charge is 2.14. The van der Waals surface area contributed by atoms with Gasteiger partial charge in [0.2, 0.25) is 0 Å². The Kier molecular flexibility index (Phi) is 3.82. The summed E-state index contributed by atoms with van der Waals surface area (Å²) >= 11 is 0. The fourth-order valence-corrected chi connectivity index (χ4v) is 2.06. The number of fused-ring (bicyclic) bond motifs is 1. The van der Waals surface area contributed by atoms with Crippen molar-refractivity contribution in [2.75, 3.05) is 0 Å². The lowest BCUT2D eigenvalue weighted by Gasteiger charge is -2.13. The molecule has 1 N–H and O–H groups in total. The van der Waals surface area contributed by atoms with Gasteiger partial charge in [-0.15, -0.1) is 0 Å². The normalized spacial score (nSPS) is 12.3. The van der Waals surface area contributed by atoms with Gasteiger partial charge in [0, 0.05) is 23.1 Å². The molecule has 1 heterocycles. The van der Waals surface area contributed by atoms with Crippen molar-refractivity contribution in [1.82, 2.24) is 4.98 Å². The van der Waals surface area contributed by atoms with E-state index in [9.17, 15) is 9.50 Å². The van der Waals surface area contributed by atoms with Crippen molar-refractivity contribution in [3.63, 3.8) is 0 Å². The molecule has 0 fully saturated rings. The summed E-state index contributed by atoms with van der Waals surface area (Å²) in [5, 5.41) is 18.9. The first-order valence-corrected chi connectivity index (χ1v) is 5.94. The van der Waals surface area contributed by atoms with Crippen LogP contribution in [0, 0.1) is 24.1 Å². The molecule has 2 rings (SSSR count). The van der Waals surface area contributed by atoms with Gasteiger partial charge in [-0.05, 0) is 31.5 Å². The molecule has 3 nitrogen and oxygen atoms in total. The number of aromatic nitrogens is 1. The van der Waals surface area contributed by atoms with Crippen LogP contribution in [0.3, 0.4) is 0 Å². The van der Waals surface area contributed by atoms with Gasteiger partial charge in [-0.25, -0.2) is 4.39 Å². The minimum atomic E-state index is -0.812. The second-order valence-electron chi connectivity index (χ2n) is 4.45. The number of pyridine rings is 1. The Hall–Kier alpha value is -1.93. The molecule has 0 bridgehead atoms. The Labute approximate surface area is 112 Å². The molecule has 2 aromatic rings. The van der Waals surface area contributed by atoms with Crippen LogP contribution in [0.2, 0.25) is 0 Å². The Balaban J connectivity index is 2.52. The van der Waals surface area contributed by atoms with Gasteiger partial charge < -0.3 is 5.11 Å². The lowest BCUT2D eigenvalue weighted by atomic mass is 9.93. The number of aliphatic hydroxyl groups excluding tert-OH is 1. The standard InChI is InChI=1S/C14H12BFN2O/c1-8-10(14(19)3-2-4-17)7-11-12(16)5-9(15)6-13(11)18-8/h5-7,14,19H,2-3H2,1H3. The van der Waals surface area contributed by atoms with Crippen molar-refractivity contribution in [1.29, 1.82) is 5.26 Å². The molecular weight excluding hydrogens is 242 g/mol. The topological polar surface area (TPSA) is 56.9 Å². The van der Waals surface area contributed by atoms with Crippen LogP contribution in [-0.4, -0.2) is 17.9 Å². The van der Waals surface area contributed by atoms with Crippen LogP contribution in [0.5, 0.6) is 0 Å². The number of rotatable bonds is 3. The molecule has 1 unspecified atom stereocenters. The molecule has 19 heavy (non-hydrogen) atoms. The number of hydrogen-bond acceptors (Lipinski definition) is 3. The number of aliphatic hydroxyl groups is 1. The minimum Gasteiger partial charge on any atom is -0.388 e. The van der Waals surface area contributed by atoms with E-state index < -0.39 is 11.9 Å². The molecule has 0 amide bonds. The zero-order valence-electron chi connectivity index (χ0n) is 10.5. The molecule has 0 saturated heterocycles. The Morgan fingerprint density at radius 1 is 1.47 bits per heavy atom. The largest absolute Gasteiger partial charge is 0.388 e. The number of nitriles is 1. The molecule has 0 saturated carbocycles. The highest BCUT2D eigenvalue weighted by Crippen LogP contribution is 2.25. The quantitative estimate of drug-likeness (QED) is 0.850. The average molecular weight is 254 g/mol. The summed E-state index contributed by atoms with van der Waals surface area (Å²) in [5.74, 6) is -0.462. The third kappa shape index (κ3) is 2.74. The fraction of sp³-hybridized carbons (Fsp3) is 0.286. The molecule has 1 aromatic carbocycles. The Morgan fingerprint density at radius 3 is 2.89 bits per heavy atom. The van der Waals surface area contributed by atoms with Crippen LogP contribution in [0.4, 0.5) is 4.39 Å². The van der Waals surface area contributed by atoms with Crippen LogP contribution in [-0.2, 0) is 0 Å². The van der Waals surface area contributed by atoms with Gasteiger partial charge in [-0.1, -0.05) is 5.46 Å². The molecule has 0 spiro atoms. The first-order chi connectivity index (χ1) is 9.02. The van der Waals surface area contributed by atoms with E-state index >= 15 is 0 Å². The van der Waals surface area contributed by atoms with E-state index in [0.29, 0.717) is 34.0 Å². The molecule has 1 atom stereocenters. The lowest BCUT2D eigenvalue weighted by Crippen LogP contribution is -2.07. The van der Waals surface area contributed by atoms with Gasteiger partial charge in [0.05, 0.1) is 17.7 Å². The van der Waals surface area contributed by atoms with Crippen LogP contribution < -0.4 is 5.46 Å². The smallest absolute Gasteiger partial charge is 0.132 e. The van der Waals surface area contributed by atoms with E-state index in [2.05, 4.69) is 4.98 Å². The van der Waals surface area contributed by atoms with Crippen LogP contribution in [0.15, 0.2) is 18.2 Å². The van der Waals surface area contributed by atoms with Gasteiger partial charge >= 0.3 is 0 Å². The lowest BCUT2D eigenvalue weighted by molar-refractivity contribution is 0.168. The minimum absolute atomic E-state index is 0.239. The second kappa shape index (κ2) is 5.37. The second-order valence-corrected chi connectivity index (χ2v) is 4.45. The van der Waals surface area contributed by atoms with Crippen molar-refractivity contribution in [3.8, 4) is 6.07 Å². The van der Waals surface area contributed by atoms with Crippen molar-refractivity contribution >= 4 is 24.2 Å². The van der Waals surface area contributed by atoms with Crippen LogP contribution in [0.25, 0.3) is 10.9 Å². The highest BCUT2D eigenvalue weighted by molar-refractivity contribution is 6.33. The Bertz CT molecular complexity index is 667. The van der Waals surface area contributed by atoms with Crippen LogP contribution >= 0.6 is 0 Å². The molecule has 2 radical (unpaired) electrons. The van der Waals surface area contributed by atoms with Crippen LogP contribution in [0.1, 0.15) is 30.2 Å². The van der Waals surface area contributed by atoms with Gasteiger partial charge in [0.1, 0.15) is 13.7 Å². The van der Waals surface area contributed by atoms with E-state index in [1.54, 1.807) is 19.1 Å². The summed E-state index contributed by atoms with van der Waals surface area (Å²) in [6.07, 6.45) is -0.266. The zero-order valence-corrected chi connectivity index (χ0v) is 10.5. The van der Waals surface area contributed by atoms with E-state index in [1.807, 2.05) is 6.07 Å². The number of benzene rings is 1. The number of hydrogen-bond donors (Lipinski definition) is 1. The maximum atomic E-state index is 13.8. The number of nitrogens with zero attached hydrogens (tertiary/aromatic N) is 2. The van der Waals surface area contributed by atoms with Gasteiger partial charge in [0.25, 0.3) is 0 Å². The predicted octanol–water partition coefficient (Wildman–Crippen LogP) is 1.81. The molecule has 94 valence electrons. The first kappa shape index (κ1) is 13.5. The Morgan fingerprint density at radius 2 is 2.21 bits per heavy atom. The summed E-state index contributed by atoms with van der Waals surface area (Å²) < 4.78 is 13.8. The van der Waals surface area contributed by atoms with Gasteiger partial charge in [-0.2, -0.15) is 5.26 Å². The third-order valence-electron chi connectivity index (χ3n) is 3.02. The van der Waals surface area contributed by atoms with Crippen molar-refractivity contribution in [2.24, 2.45) is 0 Å². The van der Waals surface area contributed by atoms with Gasteiger partial charge in [-0.3, -0.25) is 4.98 Å². The molecule has 5 heteroatoms. The number of halogens is 1. The van der Waals surface area contributed by atoms with Gasteiger partial charge in [0.15, 0.2) is 0 Å². The molecule has 0 aliphatic rings. The highest BCUT2D eigenvalue weighted by atomic mass is 19.1. The summed E-state index contributed by atoms with van der Waals surface area (Å²) in [6.45, 7) is 1.74. The molecule has 0 aliphatic carbocycles. The van der Waals surface area contributed by atoms with Crippen molar-refractivity contribution in [3.05, 3.63) is 35.3 Å². The van der Waals surface area contributed by atoms with Crippen molar-refractivity contribution < 1.29 is 9.50 Å². The molecule has 0 aliphatic heterocycles. The number of aryl methyl sites for hydroxylation is 1.